The van der Waals surface area contributed by atoms with Crippen LogP contribution in [0.1, 0.15) is 41.8 Å². The predicted octanol–water partition coefficient (Wildman–Crippen LogP) is 5.86. The lowest BCUT2D eigenvalue weighted by Gasteiger charge is -2.37. The van der Waals surface area contributed by atoms with E-state index in [-0.39, 0.29) is 11.8 Å². The summed E-state index contributed by atoms with van der Waals surface area (Å²) in [5.41, 5.74) is 4.52. The molecule has 0 spiro atoms. The summed E-state index contributed by atoms with van der Waals surface area (Å²) in [5.74, 6) is 1.52. The van der Waals surface area contributed by atoms with E-state index in [1.807, 2.05) is 68.6 Å². The van der Waals surface area contributed by atoms with E-state index in [4.69, 9.17) is 26.1 Å². The Hall–Kier alpha value is -4.34. The van der Waals surface area contributed by atoms with Gasteiger partial charge in [-0.3, -0.25) is 14.5 Å². The fraction of sp³-hybridized carbons (Fsp3) is 0.303. The molecule has 2 aromatic heterocycles. The van der Waals surface area contributed by atoms with Crippen LogP contribution in [-0.2, 0) is 16.6 Å². The van der Waals surface area contributed by atoms with Crippen molar-refractivity contribution >= 4 is 45.4 Å². The van der Waals surface area contributed by atoms with Crippen LogP contribution in [0.3, 0.4) is 0 Å². The first-order chi connectivity index (χ1) is 20.7. The van der Waals surface area contributed by atoms with Gasteiger partial charge in [-0.15, -0.1) is 0 Å². The third-order valence-electron chi connectivity index (χ3n) is 8.24. The first-order valence-electron chi connectivity index (χ1n) is 14.3. The van der Waals surface area contributed by atoms with Crippen LogP contribution in [0.2, 0.25) is 5.02 Å². The van der Waals surface area contributed by atoms with Gasteiger partial charge in [0.25, 0.3) is 5.91 Å². The number of imidazole rings is 1. The SMILES string of the molecule is COc1ccc(CCNCCCN2C(=O)c3c(ccc4[nH]c(-c5c[nH]c6ccc(Cl)cc56)nc34)C(C)(C)C2=O)cc1OC. The van der Waals surface area contributed by atoms with Gasteiger partial charge in [0.05, 0.1) is 30.7 Å². The van der Waals surface area contributed by atoms with Gasteiger partial charge in [-0.1, -0.05) is 23.7 Å². The van der Waals surface area contributed by atoms with Crippen molar-refractivity contribution in [3.05, 3.63) is 76.4 Å². The zero-order valence-corrected chi connectivity index (χ0v) is 25.4. The average Bonchev–Trinajstić information content (AvgIpc) is 3.62. The third-order valence-corrected chi connectivity index (χ3v) is 8.47. The van der Waals surface area contributed by atoms with Gasteiger partial charge >= 0.3 is 0 Å². The van der Waals surface area contributed by atoms with Gasteiger partial charge in [0.15, 0.2) is 11.5 Å². The molecule has 2 amide bonds. The normalized spacial score (nSPS) is 14.5. The second kappa shape index (κ2) is 11.4. The molecule has 0 saturated carbocycles. The number of fused-ring (bicyclic) bond motifs is 4. The van der Waals surface area contributed by atoms with Gasteiger partial charge in [-0.05, 0) is 87.3 Å². The summed E-state index contributed by atoms with van der Waals surface area (Å²) < 4.78 is 10.7. The van der Waals surface area contributed by atoms with Crippen molar-refractivity contribution in [3.8, 4) is 22.9 Å². The molecule has 1 aliphatic rings. The number of amides is 2. The van der Waals surface area contributed by atoms with Gasteiger partial charge in [-0.2, -0.15) is 0 Å². The van der Waals surface area contributed by atoms with Crippen molar-refractivity contribution in [1.29, 1.82) is 0 Å². The molecule has 0 aliphatic carbocycles. The summed E-state index contributed by atoms with van der Waals surface area (Å²) in [6, 6.07) is 15.3. The number of carbonyl (C=O) groups is 2. The molecule has 3 aromatic carbocycles. The van der Waals surface area contributed by atoms with Crippen molar-refractivity contribution in [3.63, 3.8) is 0 Å². The molecule has 6 rings (SSSR count). The van der Waals surface area contributed by atoms with Gasteiger partial charge < -0.3 is 24.8 Å². The summed E-state index contributed by atoms with van der Waals surface area (Å²) in [7, 11) is 3.24. The van der Waals surface area contributed by atoms with Crippen molar-refractivity contribution in [2.75, 3.05) is 33.9 Å². The molecule has 3 N–H and O–H groups in total. The molecule has 1 aliphatic heterocycles. The fourth-order valence-electron chi connectivity index (χ4n) is 5.87. The molecule has 10 heteroatoms. The Kier molecular flexibility index (Phi) is 7.62. The zero-order chi connectivity index (χ0) is 30.3. The maximum Gasteiger partial charge on any atom is 0.263 e. The largest absolute Gasteiger partial charge is 0.493 e. The summed E-state index contributed by atoms with van der Waals surface area (Å²) in [4.78, 5) is 40.4. The van der Waals surface area contributed by atoms with Gasteiger partial charge in [0.2, 0.25) is 5.91 Å². The van der Waals surface area contributed by atoms with Crippen molar-refractivity contribution < 1.29 is 19.1 Å². The number of H-pyrrole nitrogens is 2. The smallest absolute Gasteiger partial charge is 0.263 e. The topological polar surface area (TPSA) is 112 Å². The van der Waals surface area contributed by atoms with E-state index in [1.54, 1.807) is 14.2 Å². The van der Waals surface area contributed by atoms with Crippen molar-refractivity contribution in [2.45, 2.75) is 32.1 Å². The minimum atomic E-state index is -0.869. The number of halogens is 1. The highest BCUT2D eigenvalue weighted by Gasteiger charge is 2.45. The highest BCUT2D eigenvalue weighted by Crippen LogP contribution is 2.39. The number of imide groups is 1. The Morgan fingerprint density at radius 3 is 2.56 bits per heavy atom. The Morgan fingerprint density at radius 1 is 0.977 bits per heavy atom. The summed E-state index contributed by atoms with van der Waals surface area (Å²) in [5, 5.41) is 4.99. The molecular formula is C33H34ClN5O4. The summed E-state index contributed by atoms with van der Waals surface area (Å²) in [6.45, 7) is 5.48. The highest BCUT2D eigenvalue weighted by molar-refractivity contribution is 6.31. The number of hydrogen-bond donors (Lipinski definition) is 3. The van der Waals surface area contributed by atoms with Crippen LogP contribution in [0.5, 0.6) is 11.5 Å². The van der Waals surface area contributed by atoms with E-state index in [1.165, 1.54) is 4.90 Å². The lowest BCUT2D eigenvalue weighted by Crippen LogP contribution is -2.52. The van der Waals surface area contributed by atoms with Crippen LogP contribution < -0.4 is 14.8 Å². The van der Waals surface area contributed by atoms with E-state index >= 15 is 0 Å². The maximum atomic E-state index is 13.9. The maximum absolute atomic E-state index is 13.9. The van der Waals surface area contributed by atoms with Crippen molar-refractivity contribution in [1.82, 2.24) is 25.2 Å². The number of hydrogen-bond acceptors (Lipinski definition) is 6. The molecule has 0 bridgehead atoms. The molecule has 0 atom stereocenters. The summed E-state index contributed by atoms with van der Waals surface area (Å²) in [6.07, 6.45) is 3.32. The second-order valence-corrected chi connectivity index (χ2v) is 11.7. The molecule has 9 nitrogen and oxygen atoms in total. The van der Waals surface area contributed by atoms with Crippen LogP contribution in [0.4, 0.5) is 0 Å². The molecule has 0 unspecified atom stereocenters. The molecule has 43 heavy (non-hydrogen) atoms. The molecular weight excluding hydrogens is 566 g/mol. The quantitative estimate of drug-likeness (QED) is 0.137. The summed E-state index contributed by atoms with van der Waals surface area (Å²) >= 11 is 6.27. The molecule has 5 aromatic rings. The van der Waals surface area contributed by atoms with Gasteiger partial charge in [-0.25, -0.2) is 4.98 Å². The average molecular weight is 600 g/mol. The Labute approximate surface area is 254 Å². The molecule has 0 fully saturated rings. The highest BCUT2D eigenvalue weighted by atomic mass is 35.5. The lowest BCUT2D eigenvalue weighted by molar-refractivity contribution is -0.134. The number of aromatic nitrogens is 3. The number of carbonyl (C=O) groups excluding carboxylic acids is 2. The second-order valence-electron chi connectivity index (χ2n) is 11.3. The lowest BCUT2D eigenvalue weighted by atomic mass is 9.76. The monoisotopic (exact) mass is 599 g/mol. The minimum Gasteiger partial charge on any atom is -0.493 e. The number of nitrogens with one attached hydrogen (secondary N) is 3. The van der Waals surface area contributed by atoms with Gasteiger partial charge in [0.1, 0.15) is 11.3 Å². The number of rotatable bonds is 10. The number of aromatic amines is 2. The van der Waals surface area contributed by atoms with E-state index < -0.39 is 5.41 Å². The van der Waals surface area contributed by atoms with E-state index in [9.17, 15) is 9.59 Å². The van der Waals surface area contributed by atoms with E-state index in [0.717, 1.165) is 40.5 Å². The van der Waals surface area contributed by atoms with Gasteiger partial charge in [0, 0.05) is 34.2 Å². The standard InChI is InChI=1S/C33H34ClN5O4/c1-33(2)23-8-10-25-29(38-30(37-25)22-18-36-24-9-7-20(34)17-21(22)24)28(23)31(40)39(32(33)41)15-5-13-35-14-12-19-6-11-26(42-3)27(16-19)43-4/h6-11,16-18,35-36H,5,12-15H2,1-4H3,(H,37,38). The van der Waals surface area contributed by atoms with Crippen LogP contribution in [0, 0.1) is 0 Å². The third kappa shape index (κ3) is 5.13. The number of methoxy groups -OCH3 is 2. The molecule has 0 saturated heterocycles. The minimum absolute atomic E-state index is 0.197. The predicted molar refractivity (Wildman–Crippen MR) is 168 cm³/mol. The Morgan fingerprint density at radius 2 is 1.77 bits per heavy atom. The van der Waals surface area contributed by atoms with Crippen LogP contribution in [0.25, 0.3) is 33.3 Å². The van der Waals surface area contributed by atoms with Crippen molar-refractivity contribution in [2.24, 2.45) is 0 Å². The molecule has 222 valence electrons. The van der Waals surface area contributed by atoms with Crippen LogP contribution in [-0.4, -0.2) is 65.5 Å². The number of ether oxygens (including phenoxy) is 2. The zero-order valence-electron chi connectivity index (χ0n) is 24.6. The fourth-order valence-corrected chi connectivity index (χ4v) is 6.04. The Balaban J connectivity index is 1.18. The first kappa shape index (κ1) is 28.8. The number of nitrogens with zero attached hydrogens (tertiary/aromatic N) is 2. The Bertz CT molecular complexity index is 1860. The van der Waals surface area contributed by atoms with Crippen LogP contribution >= 0.6 is 11.6 Å². The van der Waals surface area contributed by atoms with E-state index in [2.05, 4.69) is 15.3 Å². The van der Waals surface area contributed by atoms with E-state index in [0.29, 0.717) is 58.5 Å². The first-order valence-corrected chi connectivity index (χ1v) is 14.7. The number of benzene rings is 3. The molecule has 0 radical (unpaired) electrons. The molecule has 3 heterocycles. The van der Waals surface area contributed by atoms with Crippen LogP contribution in [0.15, 0.2) is 54.7 Å².